The summed E-state index contributed by atoms with van der Waals surface area (Å²) in [6.07, 6.45) is 8.68. The third kappa shape index (κ3) is 8.38. The number of hydrogen-bond donors (Lipinski definition) is 0. The number of ether oxygens (including phenoxy) is 1. The molecule has 0 rings (SSSR count). The molecule has 0 amide bonds. The number of allylic oxidation sites excluding steroid dienone is 5. The molecule has 0 heterocycles. The predicted octanol–water partition coefficient (Wildman–Crippen LogP) is 2.74. The van der Waals surface area contributed by atoms with E-state index in [1.54, 1.807) is 6.08 Å². The van der Waals surface area contributed by atoms with E-state index >= 15 is 0 Å². The molecule has 0 aliphatic carbocycles. The van der Waals surface area contributed by atoms with Gasteiger partial charge in [-0.15, -0.1) is 0 Å². The maximum atomic E-state index is 10.3. The molecule has 0 atom stereocenters. The normalized spacial score (nSPS) is 10.8. The van der Waals surface area contributed by atoms with Crippen molar-refractivity contribution in [3.8, 4) is 0 Å². The van der Waals surface area contributed by atoms with Crippen LogP contribution in [0.3, 0.4) is 0 Å². The van der Waals surface area contributed by atoms with Crippen molar-refractivity contribution in [3.05, 3.63) is 41.9 Å². The molecule has 0 aliphatic rings. The van der Waals surface area contributed by atoms with Crippen LogP contribution in [-0.4, -0.2) is 5.97 Å². The maximum Gasteiger partial charge on any atom is 0.308 e. The molecule has 13 heavy (non-hydrogen) atoms. The van der Waals surface area contributed by atoms with Crippen molar-refractivity contribution in [2.24, 2.45) is 0 Å². The first-order chi connectivity index (χ1) is 6.16. The number of carbonyl (C=O) groups is 1. The van der Waals surface area contributed by atoms with Crippen LogP contribution < -0.4 is 0 Å². The summed E-state index contributed by atoms with van der Waals surface area (Å²) < 4.78 is 4.52. The fourth-order valence-corrected chi connectivity index (χ4v) is 0.508. The first-order valence-electron chi connectivity index (χ1n) is 4.04. The van der Waals surface area contributed by atoms with E-state index in [2.05, 4.69) is 10.5 Å². The Morgan fingerprint density at radius 1 is 1.38 bits per heavy atom. The van der Waals surface area contributed by atoms with E-state index in [0.29, 0.717) is 0 Å². The van der Waals surface area contributed by atoms with Gasteiger partial charge < -0.3 is 4.74 Å². The van der Waals surface area contributed by atoms with Crippen molar-refractivity contribution in [3.63, 3.8) is 0 Å². The zero-order valence-corrected chi connectivity index (χ0v) is 8.20. The van der Waals surface area contributed by atoms with Crippen molar-refractivity contribution in [1.82, 2.24) is 0 Å². The lowest BCUT2D eigenvalue weighted by molar-refractivity contribution is -0.135. The van der Waals surface area contributed by atoms with Crippen LogP contribution in [0.5, 0.6) is 0 Å². The molecule has 2 heteroatoms. The SMILES string of the molecule is CC=C(C)C=CC=C=COC(C)=O. The molecule has 0 N–H and O–H groups in total. The Hall–Kier alpha value is -1.53. The van der Waals surface area contributed by atoms with Crippen molar-refractivity contribution in [2.45, 2.75) is 20.8 Å². The van der Waals surface area contributed by atoms with Crippen LogP contribution in [0.2, 0.25) is 0 Å². The summed E-state index contributed by atoms with van der Waals surface area (Å²) in [5, 5.41) is 0. The topological polar surface area (TPSA) is 26.3 Å². The largest absolute Gasteiger partial charge is 0.426 e. The monoisotopic (exact) mass is 178 g/mol. The summed E-state index contributed by atoms with van der Waals surface area (Å²) in [5.41, 5.74) is 3.86. The van der Waals surface area contributed by atoms with Crippen LogP contribution in [-0.2, 0) is 9.53 Å². The Bertz CT molecular complexity index is 276. The molecule has 0 aliphatic heterocycles. The Morgan fingerprint density at radius 2 is 2.08 bits per heavy atom. The third-order valence-electron chi connectivity index (χ3n) is 1.30. The fourth-order valence-electron chi connectivity index (χ4n) is 0.508. The van der Waals surface area contributed by atoms with Gasteiger partial charge >= 0.3 is 5.97 Å². The Balaban J connectivity index is 3.94. The number of carbonyl (C=O) groups excluding carboxylic acids is 1. The first kappa shape index (κ1) is 11.5. The van der Waals surface area contributed by atoms with Crippen LogP contribution in [0, 0.1) is 0 Å². The number of esters is 1. The van der Waals surface area contributed by atoms with Crippen molar-refractivity contribution >= 4 is 5.97 Å². The van der Waals surface area contributed by atoms with Gasteiger partial charge in [0.15, 0.2) is 0 Å². The standard InChI is InChI=1S/C11H14O2/c1-4-10(2)8-6-5-7-9-13-11(3)12/h4-6,8-9H,1-3H3. The van der Waals surface area contributed by atoms with Gasteiger partial charge in [-0.25, -0.2) is 0 Å². The number of rotatable bonds is 3. The lowest BCUT2D eigenvalue weighted by Gasteiger charge is -1.85. The van der Waals surface area contributed by atoms with Gasteiger partial charge in [-0.05, 0) is 19.9 Å². The lowest BCUT2D eigenvalue weighted by Crippen LogP contribution is -1.88. The zero-order chi connectivity index (χ0) is 10.1. The molecule has 0 fully saturated rings. The Morgan fingerprint density at radius 3 is 2.62 bits per heavy atom. The van der Waals surface area contributed by atoms with Gasteiger partial charge in [0.1, 0.15) is 6.26 Å². The molecular weight excluding hydrogens is 164 g/mol. The summed E-state index contributed by atoms with van der Waals surface area (Å²) in [4.78, 5) is 10.3. The van der Waals surface area contributed by atoms with E-state index in [4.69, 9.17) is 0 Å². The van der Waals surface area contributed by atoms with Crippen molar-refractivity contribution in [1.29, 1.82) is 0 Å². The van der Waals surface area contributed by atoms with Gasteiger partial charge in [-0.1, -0.05) is 29.5 Å². The second-order valence-corrected chi connectivity index (χ2v) is 2.45. The van der Waals surface area contributed by atoms with Crippen LogP contribution in [0.1, 0.15) is 20.8 Å². The van der Waals surface area contributed by atoms with E-state index in [0.717, 1.165) is 0 Å². The second-order valence-electron chi connectivity index (χ2n) is 2.45. The molecular formula is C11H14O2. The van der Waals surface area contributed by atoms with Crippen LogP contribution >= 0.6 is 0 Å². The Labute approximate surface area is 78.9 Å². The second kappa shape index (κ2) is 7.14. The van der Waals surface area contributed by atoms with Gasteiger partial charge in [-0.3, -0.25) is 4.79 Å². The fraction of sp³-hybridized carbons (Fsp3) is 0.273. The summed E-state index contributed by atoms with van der Waals surface area (Å²) in [5.74, 6) is -0.338. The molecule has 70 valence electrons. The first-order valence-corrected chi connectivity index (χ1v) is 4.04. The minimum atomic E-state index is -0.338. The third-order valence-corrected chi connectivity index (χ3v) is 1.30. The molecule has 0 saturated carbocycles. The summed E-state index contributed by atoms with van der Waals surface area (Å²) in [7, 11) is 0. The zero-order valence-electron chi connectivity index (χ0n) is 8.20. The molecule has 0 bridgehead atoms. The highest BCUT2D eigenvalue weighted by Gasteiger charge is 1.81. The van der Waals surface area contributed by atoms with Crippen molar-refractivity contribution < 1.29 is 9.53 Å². The molecule has 0 saturated heterocycles. The molecule has 0 aromatic carbocycles. The van der Waals surface area contributed by atoms with Crippen LogP contribution in [0.25, 0.3) is 0 Å². The van der Waals surface area contributed by atoms with Gasteiger partial charge in [0.05, 0.1) is 0 Å². The molecule has 2 nitrogen and oxygen atoms in total. The van der Waals surface area contributed by atoms with Crippen LogP contribution in [0.4, 0.5) is 0 Å². The van der Waals surface area contributed by atoms with Gasteiger partial charge in [0.25, 0.3) is 0 Å². The van der Waals surface area contributed by atoms with Crippen LogP contribution in [0.15, 0.2) is 41.9 Å². The smallest absolute Gasteiger partial charge is 0.308 e. The highest BCUT2D eigenvalue weighted by atomic mass is 16.5. The maximum absolute atomic E-state index is 10.3. The molecule has 0 unspecified atom stereocenters. The van der Waals surface area contributed by atoms with Gasteiger partial charge in [0, 0.05) is 6.92 Å². The molecule has 0 aromatic rings. The van der Waals surface area contributed by atoms with E-state index in [1.807, 2.05) is 32.1 Å². The molecule has 0 spiro atoms. The summed E-state index contributed by atoms with van der Waals surface area (Å²) >= 11 is 0. The minimum Gasteiger partial charge on any atom is -0.426 e. The van der Waals surface area contributed by atoms with E-state index < -0.39 is 0 Å². The quantitative estimate of drug-likeness (QED) is 0.287. The molecule has 0 aromatic heterocycles. The van der Waals surface area contributed by atoms with Gasteiger partial charge in [-0.2, -0.15) is 0 Å². The average Bonchev–Trinajstić information content (AvgIpc) is 2.10. The predicted molar refractivity (Wildman–Crippen MR) is 53.0 cm³/mol. The lowest BCUT2D eigenvalue weighted by atomic mass is 10.2. The van der Waals surface area contributed by atoms with Gasteiger partial charge in [0.2, 0.25) is 0 Å². The van der Waals surface area contributed by atoms with E-state index in [-0.39, 0.29) is 5.97 Å². The van der Waals surface area contributed by atoms with Crippen molar-refractivity contribution in [2.75, 3.05) is 0 Å². The van der Waals surface area contributed by atoms with E-state index in [1.165, 1.54) is 18.8 Å². The molecule has 0 radical (unpaired) electrons. The summed E-state index contributed by atoms with van der Waals surface area (Å²) in [6.45, 7) is 5.32. The average molecular weight is 178 g/mol. The summed E-state index contributed by atoms with van der Waals surface area (Å²) in [6, 6.07) is 0. The highest BCUT2D eigenvalue weighted by Crippen LogP contribution is 1.92. The highest BCUT2D eigenvalue weighted by molar-refractivity contribution is 5.66. The number of hydrogen-bond acceptors (Lipinski definition) is 2. The Kier molecular flexibility index (Phi) is 6.30. The minimum absolute atomic E-state index is 0.338. The van der Waals surface area contributed by atoms with E-state index in [9.17, 15) is 4.79 Å².